The van der Waals surface area contributed by atoms with E-state index < -0.39 is 82.2 Å². The third-order valence-corrected chi connectivity index (χ3v) is 11.4. The molecule has 0 bridgehead atoms. The van der Waals surface area contributed by atoms with Crippen molar-refractivity contribution in [1.29, 1.82) is 0 Å². The number of Topliss-reactive ketones (excluding diaryl/α,β-unsaturated/α-hetero) is 2. The number of thioether (sulfide) groups is 1. The highest BCUT2D eigenvalue weighted by Gasteiger charge is 2.42. The first kappa shape index (κ1) is 63.9. The molecule has 5 atom stereocenters. The van der Waals surface area contributed by atoms with Crippen LogP contribution >= 0.6 is 11.8 Å². The molecule has 71 heavy (non-hydrogen) atoms. The van der Waals surface area contributed by atoms with Crippen molar-refractivity contribution in [2.75, 3.05) is 71.5 Å². The van der Waals surface area contributed by atoms with Gasteiger partial charge in [0.05, 0.1) is 44.2 Å². The fraction of sp³-hybridized carbons (Fsp3) is 0.787. The molecule has 1 rings (SSSR count). The molecule has 0 saturated heterocycles. The van der Waals surface area contributed by atoms with E-state index in [2.05, 4.69) is 42.5 Å². The normalized spacial score (nSPS) is 15.9. The van der Waals surface area contributed by atoms with Crippen LogP contribution in [0.5, 0.6) is 0 Å². The van der Waals surface area contributed by atoms with Gasteiger partial charge < -0.3 is 66.6 Å². The van der Waals surface area contributed by atoms with Crippen LogP contribution in [-0.4, -0.2) is 170 Å². The molecular weight excluding hydrogens is 949 g/mol. The van der Waals surface area contributed by atoms with Crippen molar-refractivity contribution in [3.05, 3.63) is 0 Å². The summed E-state index contributed by atoms with van der Waals surface area (Å²) in [6.45, 7) is 14.9. The van der Waals surface area contributed by atoms with Gasteiger partial charge in [0.1, 0.15) is 35.1 Å². The van der Waals surface area contributed by atoms with Crippen LogP contribution in [0.2, 0.25) is 0 Å². The molecule has 406 valence electrons. The third-order valence-electron chi connectivity index (χ3n) is 10.1. The first-order valence-corrected chi connectivity index (χ1v) is 25.6. The van der Waals surface area contributed by atoms with Gasteiger partial charge in [-0.15, -0.1) is 11.8 Å². The van der Waals surface area contributed by atoms with E-state index >= 15 is 0 Å². The van der Waals surface area contributed by atoms with Crippen LogP contribution in [0, 0.1) is 5.92 Å². The maximum atomic E-state index is 13.3. The summed E-state index contributed by atoms with van der Waals surface area (Å²) in [5, 5.41) is 29.7. The summed E-state index contributed by atoms with van der Waals surface area (Å²) in [7, 11) is 0. The quantitative estimate of drug-likeness (QED) is 0.0317. The second-order valence-electron chi connectivity index (χ2n) is 18.9. The van der Waals surface area contributed by atoms with Crippen LogP contribution in [-0.2, 0) is 57.3 Å². The molecule has 1 aliphatic rings. The highest BCUT2D eigenvalue weighted by Crippen LogP contribution is 2.31. The first-order valence-electron chi connectivity index (χ1n) is 24.5. The number of aliphatic hydroxyl groups excluding tert-OH is 1. The van der Waals surface area contributed by atoms with E-state index in [1.807, 2.05) is 6.92 Å². The molecule has 0 heterocycles. The Morgan fingerprint density at radius 3 is 1.62 bits per heavy atom. The number of carbonyl (C=O) groups is 10. The average molecular weight is 1030 g/mol. The molecule has 0 aliphatic heterocycles. The van der Waals surface area contributed by atoms with Gasteiger partial charge in [0, 0.05) is 64.7 Å². The van der Waals surface area contributed by atoms with Crippen LogP contribution < -0.4 is 42.5 Å². The Morgan fingerprint density at radius 2 is 1.11 bits per heavy atom. The number of carbonyl (C=O) groups excluding carboxylic acids is 10. The number of unbranched alkanes of at least 4 members (excludes halogenated alkanes) is 2. The molecular formula is C47H82N8O15S. The van der Waals surface area contributed by atoms with Crippen LogP contribution in [0.25, 0.3) is 0 Å². The molecule has 0 aromatic rings. The average Bonchev–Trinajstić information content (AvgIpc) is 3.55. The predicted molar refractivity (Wildman–Crippen MR) is 264 cm³/mol. The van der Waals surface area contributed by atoms with Crippen molar-refractivity contribution in [2.45, 2.75) is 161 Å². The van der Waals surface area contributed by atoms with E-state index in [-0.39, 0.29) is 108 Å². The van der Waals surface area contributed by atoms with Crippen molar-refractivity contribution in [1.82, 2.24) is 42.5 Å². The van der Waals surface area contributed by atoms with Gasteiger partial charge in [0.15, 0.2) is 5.78 Å². The summed E-state index contributed by atoms with van der Waals surface area (Å²) < 4.78 is 21.5. The molecule has 0 radical (unpaired) electrons. The van der Waals surface area contributed by atoms with Crippen LogP contribution in [0.1, 0.15) is 126 Å². The zero-order chi connectivity index (χ0) is 53.4. The van der Waals surface area contributed by atoms with E-state index in [0.717, 1.165) is 11.8 Å². The van der Waals surface area contributed by atoms with E-state index in [1.54, 1.807) is 41.5 Å². The minimum Gasteiger partial charge on any atom is -0.444 e. The molecule has 24 heteroatoms. The molecule has 1 fully saturated rings. The van der Waals surface area contributed by atoms with Gasteiger partial charge in [-0.1, -0.05) is 6.92 Å². The highest BCUT2D eigenvalue weighted by molar-refractivity contribution is 8.00. The lowest BCUT2D eigenvalue weighted by Crippen LogP contribution is -2.48. The maximum Gasteiger partial charge on any atom is 0.407 e. The maximum absolute atomic E-state index is 13.3. The van der Waals surface area contributed by atoms with E-state index in [9.17, 15) is 47.9 Å². The Bertz CT molecular complexity index is 1730. The van der Waals surface area contributed by atoms with Gasteiger partial charge in [0.25, 0.3) is 0 Å². The van der Waals surface area contributed by atoms with Crippen molar-refractivity contribution in [2.24, 2.45) is 5.92 Å². The topological polar surface area (TPSA) is 324 Å². The first-order chi connectivity index (χ1) is 33.5. The smallest absolute Gasteiger partial charge is 0.407 e. The van der Waals surface area contributed by atoms with Crippen LogP contribution in [0.4, 0.5) is 9.59 Å². The fourth-order valence-electron chi connectivity index (χ4n) is 6.73. The number of hydrogen-bond donors (Lipinski definition) is 9. The minimum atomic E-state index is -1.03. The minimum absolute atomic E-state index is 0.0255. The monoisotopic (exact) mass is 1030 g/mol. The molecule has 8 amide bonds. The number of rotatable bonds is 35. The Kier molecular flexibility index (Phi) is 31.6. The van der Waals surface area contributed by atoms with E-state index in [1.165, 1.54) is 6.92 Å². The summed E-state index contributed by atoms with van der Waals surface area (Å²) in [5.74, 6) is -4.33. The number of ketones is 2. The second-order valence-corrected chi connectivity index (χ2v) is 20.1. The number of aliphatic hydroxyl groups is 1. The van der Waals surface area contributed by atoms with Crippen LogP contribution in [0.15, 0.2) is 0 Å². The number of ether oxygens (including phenoxy) is 4. The van der Waals surface area contributed by atoms with Gasteiger partial charge in [-0.05, 0) is 92.9 Å². The Balaban J connectivity index is 2.64. The standard InChI is InChI=1S/C47H82N8O15S/c1-9-19-48-43(64)35(53-31(2)57)30-71-37-29-36(58)32(40(37)61)16-17-38(59)54-34(15-11-13-21-52-45(66)70-47(6,7)8)42(63)50-23-26-68-28-27-67-25-18-39(60)55-33(41(62)49-22-24-56)14-10-12-20-51-44(65)69-46(3,4)5/h32-35,37,56H,9-30H2,1-8H3,(H,48,64)(H,49,62)(H,50,63)(H,51,65)(H,52,66)(H,53,57)(H,54,59)(H,55,60). The summed E-state index contributed by atoms with van der Waals surface area (Å²) in [5.41, 5.74) is -1.31. The van der Waals surface area contributed by atoms with Gasteiger partial charge in [-0.3, -0.25) is 38.4 Å². The van der Waals surface area contributed by atoms with Crippen molar-refractivity contribution < 1.29 is 72.0 Å². The third kappa shape index (κ3) is 31.1. The second kappa shape index (κ2) is 35.1. The highest BCUT2D eigenvalue weighted by atomic mass is 32.2. The Labute approximate surface area is 422 Å². The zero-order valence-electron chi connectivity index (χ0n) is 43.0. The number of amides is 8. The van der Waals surface area contributed by atoms with Crippen LogP contribution in [0.3, 0.4) is 0 Å². The van der Waals surface area contributed by atoms with Crippen molar-refractivity contribution in [3.63, 3.8) is 0 Å². The largest absolute Gasteiger partial charge is 0.444 e. The molecule has 23 nitrogen and oxygen atoms in total. The summed E-state index contributed by atoms with van der Waals surface area (Å²) in [6, 6.07) is -2.73. The Hall–Kier alpha value is -5.07. The lowest BCUT2D eigenvalue weighted by molar-refractivity contribution is -0.131. The molecule has 0 aromatic heterocycles. The lowest BCUT2D eigenvalue weighted by Gasteiger charge is -2.20. The van der Waals surface area contributed by atoms with Gasteiger partial charge in [0.2, 0.25) is 35.4 Å². The fourth-order valence-corrected chi connectivity index (χ4v) is 8.00. The van der Waals surface area contributed by atoms with E-state index in [4.69, 9.17) is 24.1 Å². The lowest BCUT2D eigenvalue weighted by atomic mass is 9.99. The van der Waals surface area contributed by atoms with Gasteiger partial charge >= 0.3 is 12.2 Å². The molecule has 1 aliphatic carbocycles. The van der Waals surface area contributed by atoms with Crippen molar-refractivity contribution >= 4 is 71.0 Å². The molecule has 9 N–H and O–H groups in total. The SMILES string of the molecule is CCCNC(=O)C(CSC1CC(=O)C(CCC(=O)NC(CCCCNC(=O)OC(C)(C)C)C(=O)NCCOCCOCCC(=O)NC(CCCCNC(=O)OC(C)(C)C)C(=O)NCCO)C1=O)NC(C)=O. The molecule has 1 saturated carbocycles. The van der Waals surface area contributed by atoms with E-state index in [0.29, 0.717) is 51.6 Å². The molecule has 0 spiro atoms. The number of hydrogen-bond acceptors (Lipinski definition) is 16. The number of nitrogens with one attached hydrogen (secondary N) is 8. The summed E-state index contributed by atoms with van der Waals surface area (Å²) in [6.07, 6.45) is 1.62. The summed E-state index contributed by atoms with van der Waals surface area (Å²) in [4.78, 5) is 126. The van der Waals surface area contributed by atoms with Gasteiger partial charge in [-0.25, -0.2) is 9.59 Å². The van der Waals surface area contributed by atoms with Crippen molar-refractivity contribution in [3.8, 4) is 0 Å². The zero-order valence-corrected chi connectivity index (χ0v) is 43.8. The summed E-state index contributed by atoms with van der Waals surface area (Å²) >= 11 is 1.11. The molecule has 0 aromatic carbocycles. The predicted octanol–water partition coefficient (Wildman–Crippen LogP) is 1.07. The molecule has 5 unspecified atom stereocenters. The number of alkyl carbamates (subject to hydrolysis) is 2. The Morgan fingerprint density at radius 1 is 0.620 bits per heavy atom. The van der Waals surface area contributed by atoms with Gasteiger partial charge in [-0.2, -0.15) is 0 Å².